The number of hydrogen-bond acceptors (Lipinski definition) is 6. The molecule has 3 aromatic rings. The van der Waals surface area contributed by atoms with Gasteiger partial charge in [0, 0.05) is 43.3 Å². The maximum Gasteiger partial charge on any atom is 0.226 e. The van der Waals surface area contributed by atoms with Gasteiger partial charge in [-0.2, -0.15) is 10.6 Å². The zero-order valence-electron chi connectivity index (χ0n) is 17.9. The lowest BCUT2D eigenvalue weighted by molar-refractivity contribution is -0.114. The molecule has 1 aromatic heterocycles. The normalized spacial score (nSPS) is 21.3. The maximum atomic E-state index is 11.7. The van der Waals surface area contributed by atoms with Crippen molar-refractivity contribution in [3.63, 3.8) is 0 Å². The molecule has 0 amide bonds. The number of hydrogen-bond donors (Lipinski definition) is 2. The summed E-state index contributed by atoms with van der Waals surface area (Å²) in [4.78, 5) is 21.6. The van der Waals surface area contributed by atoms with E-state index < -0.39 is 10.6 Å². The molecule has 2 aliphatic heterocycles. The van der Waals surface area contributed by atoms with Gasteiger partial charge in [-0.3, -0.25) is 13.9 Å². The van der Waals surface area contributed by atoms with Crippen molar-refractivity contribution in [2.24, 2.45) is 5.92 Å². The fraction of sp³-hybridized carbons (Fsp3) is 0.333. The van der Waals surface area contributed by atoms with E-state index in [9.17, 15) is 13.9 Å². The molecular weight excluding hydrogens is 446 g/mol. The molecule has 168 valence electrons. The van der Waals surface area contributed by atoms with Gasteiger partial charge >= 0.3 is 0 Å². The average molecular weight is 472 g/mol. The fourth-order valence-corrected chi connectivity index (χ4v) is 6.40. The largest absolute Gasteiger partial charge is 0.370 e. The van der Waals surface area contributed by atoms with Crippen LogP contribution in [0.3, 0.4) is 0 Å². The highest BCUT2D eigenvalue weighted by molar-refractivity contribution is 8.24. The molecule has 0 aliphatic carbocycles. The molecule has 1 fully saturated rings. The Bertz CT molecular complexity index is 1200. The molecule has 8 heteroatoms. The molecule has 2 aliphatic rings. The molecule has 2 N–H and O–H groups in total. The first-order valence-corrected chi connectivity index (χ1v) is 12.9. The molecule has 2 aromatic carbocycles. The summed E-state index contributed by atoms with van der Waals surface area (Å²) in [6, 6.07) is 15.8. The minimum absolute atomic E-state index is 0.161. The van der Waals surface area contributed by atoms with E-state index in [1.165, 1.54) is 0 Å². The number of carbonyl (C=O) groups is 1. The highest BCUT2D eigenvalue weighted by atomic mass is 35.5. The number of rotatable bonds is 3. The Kier molecular flexibility index (Phi) is 5.53. The van der Waals surface area contributed by atoms with Crippen molar-refractivity contribution in [2.45, 2.75) is 24.8 Å². The Hall–Kier alpha value is -2.32. The molecule has 5 rings (SSSR count). The summed E-state index contributed by atoms with van der Waals surface area (Å²) in [5.41, 5.74) is 3.98. The van der Waals surface area contributed by atoms with Gasteiger partial charge in [0.05, 0.1) is 22.1 Å². The van der Waals surface area contributed by atoms with Gasteiger partial charge in [0.2, 0.25) is 5.24 Å². The van der Waals surface area contributed by atoms with E-state index in [1.807, 2.05) is 36.4 Å². The van der Waals surface area contributed by atoms with Crippen LogP contribution < -0.4 is 9.80 Å². The Morgan fingerprint density at radius 2 is 1.94 bits per heavy atom. The van der Waals surface area contributed by atoms with Crippen molar-refractivity contribution >= 4 is 49.8 Å². The number of halogens is 1. The topological polar surface area (TPSA) is 76.9 Å². The van der Waals surface area contributed by atoms with Gasteiger partial charge in [-0.05, 0) is 48.7 Å². The number of carbonyl (C=O) groups excluding carboxylic acids is 1. The van der Waals surface area contributed by atoms with Crippen LogP contribution in [-0.2, 0) is 11.3 Å². The van der Waals surface area contributed by atoms with Crippen molar-refractivity contribution < 1.29 is 13.9 Å². The monoisotopic (exact) mass is 471 g/mol. The van der Waals surface area contributed by atoms with E-state index in [-0.39, 0.29) is 16.9 Å². The van der Waals surface area contributed by atoms with Gasteiger partial charge in [-0.15, -0.1) is 0 Å². The first-order valence-electron chi connectivity index (χ1n) is 10.8. The lowest BCUT2D eigenvalue weighted by Crippen LogP contribution is -2.27. The first kappa shape index (κ1) is 21.5. The van der Waals surface area contributed by atoms with Crippen LogP contribution in [0.25, 0.3) is 10.9 Å². The van der Waals surface area contributed by atoms with E-state index in [1.54, 1.807) is 0 Å². The SMILES string of the molecule is Cc1ccc2nc(N3CCS(O)(O)c4ccccc4C3)cc(N3CCC(C(=O)Cl)C3)c2c1. The van der Waals surface area contributed by atoms with Crippen LogP contribution in [0.2, 0.25) is 0 Å². The zero-order chi connectivity index (χ0) is 22.5. The smallest absolute Gasteiger partial charge is 0.226 e. The fourth-order valence-electron chi connectivity index (χ4n) is 4.68. The van der Waals surface area contributed by atoms with Crippen LogP contribution in [0.1, 0.15) is 17.5 Å². The summed E-state index contributed by atoms with van der Waals surface area (Å²) in [6.45, 7) is 4.46. The van der Waals surface area contributed by atoms with Gasteiger partial charge in [-0.1, -0.05) is 29.8 Å². The third-order valence-corrected chi connectivity index (χ3v) is 8.60. The molecule has 1 unspecified atom stereocenters. The quantitative estimate of drug-likeness (QED) is 0.507. The Morgan fingerprint density at radius 1 is 1.12 bits per heavy atom. The molecule has 6 nitrogen and oxygen atoms in total. The van der Waals surface area contributed by atoms with Crippen LogP contribution in [0.4, 0.5) is 11.5 Å². The molecule has 0 saturated carbocycles. The van der Waals surface area contributed by atoms with Crippen molar-refractivity contribution in [2.75, 3.05) is 35.2 Å². The number of fused-ring (bicyclic) bond motifs is 2. The molecule has 1 saturated heterocycles. The second kappa shape index (κ2) is 8.23. The van der Waals surface area contributed by atoms with Gasteiger partial charge in [0.15, 0.2) is 0 Å². The Labute approximate surface area is 194 Å². The minimum atomic E-state index is -2.84. The molecule has 3 heterocycles. The summed E-state index contributed by atoms with van der Waals surface area (Å²) in [7, 11) is -2.84. The number of anilines is 2. The molecule has 0 spiro atoms. The lowest BCUT2D eigenvalue weighted by Gasteiger charge is -2.32. The molecule has 1 atom stereocenters. The van der Waals surface area contributed by atoms with Crippen LogP contribution in [0, 0.1) is 12.8 Å². The summed E-state index contributed by atoms with van der Waals surface area (Å²) in [6.07, 6.45) is 0.741. The number of benzene rings is 2. The van der Waals surface area contributed by atoms with Crippen LogP contribution >= 0.6 is 22.2 Å². The summed E-state index contributed by atoms with van der Waals surface area (Å²) in [5.74, 6) is 0.898. The number of nitrogens with zero attached hydrogens (tertiary/aromatic N) is 3. The number of aromatic nitrogens is 1. The summed E-state index contributed by atoms with van der Waals surface area (Å²) < 4.78 is 21.4. The second-order valence-electron chi connectivity index (χ2n) is 8.66. The van der Waals surface area contributed by atoms with E-state index in [4.69, 9.17) is 16.6 Å². The van der Waals surface area contributed by atoms with Crippen LogP contribution in [0.5, 0.6) is 0 Å². The number of aryl methyl sites for hydroxylation is 1. The summed E-state index contributed by atoms with van der Waals surface area (Å²) in [5, 5.41) is 0.771. The second-order valence-corrected chi connectivity index (χ2v) is 11.2. The predicted molar refractivity (Wildman–Crippen MR) is 131 cm³/mol. The minimum Gasteiger partial charge on any atom is -0.370 e. The standard InChI is InChI=1S/C24H26ClN3O3S/c1-16-6-7-20-19(12-16)21(27-9-8-18(15-27)24(25)29)13-23(26-20)28-10-11-32(30,31)22-5-3-2-4-17(22)14-28/h2-7,12-13,18,30-31H,8-11,14-15H2,1H3. The van der Waals surface area contributed by atoms with Gasteiger partial charge in [-0.25, -0.2) is 4.98 Å². The molecular formula is C24H26ClN3O3S. The Morgan fingerprint density at radius 3 is 2.72 bits per heavy atom. The van der Waals surface area contributed by atoms with E-state index in [2.05, 4.69) is 28.9 Å². The third kappa shape index (κ3) is 3.94. The van der Waals surface area contributed by atoms with Crippen molar-refractivity contribution in [3.8, 4) is 0 Å². The average Bonchev–Trinajstić information content (AvgIpc) is 3.22. The highest BCUT2D eigenvalue weighted by Gasteiger charge is 2.30. The van der Waals surface area contributed by atoms with E-state index in [0.29, 0.717) is 24.5 Å². The van der Waals surface area contributed by atoms with E-state index >= 15 is 0 Å². The first-order chi connectivity index (χ1) is 15.3. The van der Waals surface area contributed by atoms with Gasteiger partial charge < -0.3 is 9.80 Å². The zero-order valence-corrected chi connectivity index (χ0v) is 19.4. The third-order valence-electron chi connectivity index (χ3n) is 6.43. The molecule has 0 bridgehead atoms. The number of pyridine rings is 1. The van der Waals surface area contributed by atoms with E-state index in [0.717, 1.165) is 46.5 Å². The van der Waals surface area contributed by atoms with Gasteiger partial charge in [0.25, 0.3) is 0 Å². The maximum absolute atomic E-state index is 11.7. The lowest BCUT2D eigenvalue weighted by atomic mass is 10.1. The van der Waals surface area contributed by atoms with Crippen molar-refractivity contribution in [3.05, 3.63) is 59.7 Å². The summed E-state index contributed by atoms with van der Waals surface area (Å²) >= 11 is 5.79. The van der Waals surface area contributed by atoms with Gasteiger partial charge in [0.1, 0.15) is 5.82 Å². The molecule has 0 radical (unpaired) electrons. The highest BCUT2D eigenvalue weighted by Crippen LogP contribution is 2.51. The Balaban J connectivity index is 1.58. The predicted octanol–water partition coefficient (Wildman–Crippen LogP) is 5.26. The van der Waals surface area contributed by atoms with Crippen LogP contribution in [-0.4, -0.2) is 44.7 Å². The molecule has 32 heavy (non-hydrogen) atoms. The van der Waals surface area contributed by atoms with Crippen molar-refractivity contribution in [1.82, 2.24) is 4.98 Å². The van der Waals surface area contributed by atoms with Crippen LogP contribution in [0.15, 0.2) is 53.4 Å². The van der Waals surface area contributed by atoms with Crippen molar-refractivity contribution in [1.29, 1.82) is 0 Å².